The van der Waals surface area contributed by atoms with Gasteiger partial charge in [0.05, 0.1) is 69.9 Å². The van der Waals surface area contributed by atoms with Crippen LogP contribution < -0.4 is 9.47 Å². The highest BCUT2D eigenvalue weighted by molar-refractivity contribution is 6.16. The normalized spacial score (nSPS) is 25.1. The first-order chi connectivity index (χ1) is 57.0. The van der Waals surface area contributed by atoms with Crippen LogP contribution in [0.1, 0.15) is 282 Å². The van der Waals surface area contributed by atoms with Crippen molar-refractivity contribution in [3.8, 4) is 11.5 Å². The Bertz CT molecular complexity index is 4390. The molecule has 2 aromatic carbocycles. The van der Waals surface area contributed by atoms with Gasteiger partial charge < -0.3 is 9.47 Å². The van der Waals surface area contributed by atoms with E-state index >= 15 is 0 Å². The monoisotopic (exact) mass is 1620 g/mol. The number of amides is 5. The fourth-order valence-corrected chi connectivity index (χ4v) is 19.3. The quantitative estimate of drug-likeness (QED) is 0.0582. The highest BCUT2D eigenvalue weighted by Gasteiger charge is 2.56. The van der Waals surface area contributed by atoms with Crippen molar-refractivity contribution >= 4 is 87.0 Å². The third-order valence-corrected chi connectivity index (χ3v) is 27.8. The lowest BCUT2D eigenvalue weighted by molar-refractivity contribution is -0.138. The van der Waals surface area contributed by atoms with Crippen molar-refractivity contribution in [1.29, 1.82) is 0 Å². The van der Waals surface area contributed by atoms with Crippen LogP contribution in [0.4, 0.5) is 0 Å². The van der Waals surface area contributed by atoms with E-state index in [-0.39, 0.29) is 91.2 Å². The number of carbonyl (C=O) groups is 10. The summed E-state index contributed by atoms with van der Waals surface area (Å²) in [4.78, 5) is 139. The van der Waals surface area contributed by atoms with Gasteiger partial charge in [0.2, 0.25) is 5.78 Å². The molecule has 25 nitrogen and oxygen atoms in total. The molecule has 5 unspecified atom stereocenters. The van der Waals surface area contributed by atoms with Crippen LogP contribution in [0.5, 0.6) is 11.5 Å². The molecule has 5 amide bonds. The van der Waals surface area contributed by atoms with Gasteiger partial charge in [0.25, 0.3) is 29.5 Å². The topological polar surface area (TPSA) is 306 Å². The molecule has 15 rings (SSSR count). The first-order valence-electron chi connectivity index (χ1n) is 43.1. The van der Waals surface area contributed by atoms with Gasteiger partial charge in [-0.1, -0.05) is 115 Å². The second-order valence-electron chi connectivity index (χ2n) is 34.7. The summed E-state index contributed by atoms with van der Waals surface area (Å²) in [5.74, 6) is 2.20. The number of aromatic nitrogens is 3. The number of methoxy groups -OCH3 is 2. The van der Waals surface area contributed by atoms with Crippen molar-refractivity contribution in [2.75, 3.05) is 46.9 Å². The van der Waals surface area contributed by atoms with Crippen LogP contribution in [0.15, 0.2) is 147 Å². The zero-order chi connectivity index (χ0) is 85.4. The van der Waals surface area contributed by atoms with E-state index in [9.17, 15) is 47.9 Å². The van der Waals surface area contributed by atoms with E-state index in [1.807, 2.05) is 69.2 Å². The van der Waals surface area contributed by atoms with Crippen LogP contribution in [0.2, 0.25) is 0 Å². The van der Waals surface area contributed by atoms with Crippen molar-refractivity contribution in [2.24, 2.45) is 82.2 Å². The second kappa shape index (κ2) is 39.6. The number of hydrogen-bond donors (Lipinski definition) is 0. The van der Waals surface area contributed by atoms with Gasteiger partial charge in [0, 0.05) is 53.2 Å². The van der Waals surface area contributed by atoms with E-state index in [2.05, 4.69) is 40.5 Å². The van der Waals surface area contributed by atoms with E-state index in [1.165, 1.54) is 128 Å². The average molecular weight is 1630 g/mol. The lowest BCUT2D eigenvalue weighted by atomic mass is 9.67. The maximum absolute atomic E-state index is 13.1. The number of hydrazone groups is 5. The summed E-state index contributed by atoms with van der Waals surface area (Å²) in [6, 6.07) is 25.9. The van der Waals surface area contributed by atoms with Crippen molar-refractivity contribution in [3.63, 3.8) is 0 Å². The van der Waals surface area contributed by atoms with Crippen LogP contribution >= 0.6 is 0 Å². The first kappa shape index (κ1) is 89.3. The molecule has 634 valence electrons. The Kier molecular flexibility index (Phi) is 29.7. The fourth-order valence-electron chi connectivity index (χ4n) is 19.3. The minimum Gasteiger partial charge on any atom is -0.497 e. The zero-order valence-corrected chi connectivity index (χ0v) is 71.9. The zero-order valence-electron chi connectivity index (χ0n) is 71.9. The van der Waals surface area contributed by atoms with Gasteiger partial charge in [-0.2, -0.15) is 25.5 Å². The summed E-state index contributed by atoms with van der Waals surface area (Å²) >= 11 is 0. The van der Waals surface area contributed by atoms with Crippen molar-refractivity contribution < 1.29 is 57.4 Å². The van der Waals surface area contributed by atoms with Crippen LogP contribution in [0.25, 0.3) is 0 Å². The molecule has 119 heavy (non-hydrogen) atoms. The third-order valence-electron chi connectivity index (χ3n) is 27.8. The molecule has 25 heteroatoms. The Balaban J connectivity index is 0.000000146. The van der Waals surface area contributed by atoms with E-state index in [4.69, 9.17) is 9.47 Å². The lowest BCUT2D eigenvalue weighted by Crippen LogP contribution is -2.44. The molecule has 5 fully saturated rings. The second-order valence-corrected chi connectivity index (χ2v) is 34.7. The molecule has 0 N–H and O–H groups in total. The standard InChI is InChI=1S/2C20H26N2O3.3C18H23N3O2/c1-14-20(2,16-9-5-4-6-10-16)19(24)22(21-14)13-18(23)15-8-7-11-17(12-15)25-3;1-14-20(2,16-7-5-4-6-8-16)19(24)22(21-14)13-18(23)15-9-11-17(25-3)12-10-15;1-13-18(2,15-8-4-3-5-9-15)17(23)21(20-13)12-16(22)14-7-6-10-19-11-14;1-13-18(2,14-8-4-3-5-9-14)17(23)21(20-13)12-16(22)15-10-6-7-11-19-15;1-13-18(2,15-6-4-3-5-7-15)17(23)21(20-13)12-16(22)14-8-10-19-11-9-14/h7-8,11-12,16H,4-6,9-10,13H2,1-3H3;9-12,16H,4-8,13H2,1-3H3;6-7,10-11,15H,3-5,8-9,12H2,1-2H3;6-7,10-11,14H,3-5,8-9,12H2,1-2H3;8-11,15H,3-7,12H2,1-2H3. The van der Waals surface area contributed by atoms with Crippen LogP contribution in [0, 0.1) is 56.7 Å². The molecule has 5 aliphatic carbocycles. The SMILES string of the molecule is CC1=NN(CC(=O)c2ccccn2)C(=O)C1(C)C1CCCCC1.CC1=NN(CC(=O)c2cccnc2)C(=O)C1(C)C1CCCCC1.CC1=NN(CC(=O)c2ccncc2)C(=O)C1(C)C1CCCCC1.COc1ccc(C(=O)CN2N=C(C)C(C)(C3CCCCC3)C2=O)cc1.COc1cccc(C(=O)CN2N=C(C)C(C)(C3CCCCC3)C2=O)c1. The minimum absolute atomic E-state index is 0.00248. The van der Waals surface area contributed by atoms with Gasteiger partial charge in [-0.05, 0) is 236 Å². The Labute approximate surface area is 701 Å². The molecule has 0 spiro atoms. The van der Waals surface area contributed by atoms with E-state index in [0.717, 1.165) is 92.8 Å². The van der Waals surface area contributed by atoms with Gasteiger partial charge in [0.15, 0.2) is 23.1 Å². The fraction of sp³-hybridized carbons (Fsp3) is 0.553. The summed E-state index contributed by atoms with van der Waals surface area (Å²) in [5.41, 5.74) is 3.99. The largest absolute Gasteiger partial charge is 0.497 e. The number of hydrogen-bond acceptors (Lipinski definition) is 20. The number of ether oxygens (including phenoxy) is 2. The molecule has 5 aromatic rings. The molecule has 5 saturated carbocycles. The maximum atomic E-state index is 13.1. The lowest BCUT2D eigenvalue weighted by Gasteiger charge is -2.35. The number of carbonyl (C=O) groups excluding carboxylic acids is 10. The van der Waals surface area contributed by atoms with Crippen LogP contribution in [0.3, 0.4) is 0 Å². The Morgan fingerprint density at radius 3 is 0.941 bits per heavy atom. The van der Waals surface area contributed by atoms with Gasteiger partial charge in [0.1, 0.15) is 49.9 Å². The van der Waals surface area contributed by atoms with Crippen molar-refractivity contribution in [3.05, 3.63) is 150 Å². The van der Waals surface area contributed by atoms with E-state index in [0.29, 0.717) is 69.0 Å². The predicted octanol–water partition coefficient (Wildman–Crippen LogP) is 16.6. The summed E-state index contributed by atoms with van der Waals surface area (Å²) in [5, 5.41) is 29.0. The molecule has 3 aromatic heterocycles. The number of nitrogens with zero attached hydrogens (tertiary/aromatic N) is 13. The number of benzene rings is 2. The van der Waals surface area contributed by atoms with Gasteiger partial charge in [-0.15, -0.1) is 0 Å². The number of ketones is 5. The smallest absolute Gasteiger partial charge is 0.255 e. The molecule has 10 aliphatic rings. The third kappa shape index (κ3) is 19.5. The average Bonchev–Trinajstić information content (AvgIpc) is 1.64. The first-order valence-corrected chi connectivity index (χ1v) is 43.1. The highest BCUT2D eigenvalue weighted by atomic mass is 16.5. The number of Topliss-reactive ketones (excluding diaryl/α,β-unsaturated/α-hetero) is 5. The Morgan fingerprint density at radius 1 is 0.319 bits per heavy atom. The molecule has 0 bridgehead atoms. The van der Waals surface area contributed by atoms with Gasteiger partial charge in [-0.3, -0.25) is 62.9 Å². The molecule has 8 heterocycles. The number of rotatable bonds is 22. The summed E-state index contributed by atoms with van der Waals surface area (Å²) in [7, 11) is 3.15. The van der Waals surface area contributed by atoms with E-state index < -0.39 is 27.1 Å². The molecule has 0 saturated heterocycles. The minimum atomic E-state index is -0.560. The summed E-state index contributed by atoms with van der Waals surface area (Å²) in [6.07, 6.45) is 36.6. The van der Waals surface area contributed by atoms with Crippen LogP contribution in [-0.2, 0) is 24.0 Å². The molecular weight excluding hydrogens is 1500 g/mol. The van der Waals surface area contributed by atoms with Gasteiger partial charge in [-0.25, -0.2) is 25.0 Å². The summed E-state index contributed by atoms with van der Waals surface area (Å²) < 4.78 is 10.3. The molecule has 5 atom stereocenters. The van der Waals surface area contributed by atoms with E-state index in [1.54, 1.807) is 130 Å². The maximum Gasteiger partial charge on any atom is 0.255 e. The molecule has 0 radical (unpaired) electrons. The summed E-state index contributed by atoms with van der Waals surface area (Å²) in [6.45, 7) is 19.5. The van der Waals surface area contributed by atoms with Crippen LogP contribution in [-0.4, -0.2) is 174 Å². The number of pyridine rings is 3. The van der Waals surface area contributed by atoms with Crippen molar-refractivity contribution in [1.82, 2.24) is 40.0 Å². The molecule has 5 aliphatic heterocycles. The predicted molar refractivity (Wildman–Crippen MR) is 458 cm³/mol. The Hall–Kier alpha value is -10.5. The molecular formula is C94H121N13O12. The highest BCUT2D eigenvalue weighted by Crippen LogP contribution is 2.49. The Morgan fingerprint density at radius 2 is 0.630 bits per heavy atom. The van der Waals surface area contributed by atoms with Crippen molar-refractivity contribution in [2.45, 2.75) is 230 Å². The van der Waals surface area contributed by atoms with Gasteiger partial charge >= 0.3 is 0 Å².